The number of fused-ring (bicyclic) bond motifs is 1. The van der Waals surface area contributed by atoms with Gasteiger partial charge in [-0.3, -0.25) is 0 Å². The summed E-state index contributed by atoms with van der Waals surface area (Å²) in [5.74, 6) is 1.51. The SMILES string of the molecule is CCCCN1CCC(c2c(C)oc3ccc(NC(=O)Nc4ccccc4)cc23)CC1. The molecule has 5 heteroatoms. The van der Waals surface area contributed by atoms with Crippen molar-refractivity contribution in [2.24, 2.45) is 0 Å². The summed E-state index contributed by atoms with van der Waals surface area (Å²) in [6, 6.07) is 15.1. The van der Waals surface area contributed by atoms with E-state index in [1.54, 1.807) is 0 Å². The normalized spacial score (nSPS) is 15.4. The Bertz CT molecular complexity index is 988. The maximum Gasteiger partial charge on any atom is 0.323 e. The summed E-state index contributed by atoms with van der Waals surface area (Å²) in [5, 5.41) is 6.94. The lowest BCUT2D eigenvalue weighted by atomic mass is 9.87. The number of unbranched alkanes of at least 4 members (excludes halogenated alkanes) is 1. The van der Waals surface area contributed by atoms with Gasteiger partial charge >= 0.3 is 6.03 Å². The Balaban J connectivity index is 1.48. The summed E-state index contributed by atoms with van der Waals surface area (Å²) in [6.07, 6.45) is 4.84. The third-order valence-electron chi connectivity index (χ3n) is 6.03. The molecule has 2 aromatic carbocycles. The number of hydrogen-bond acceptors (Lipinski definition) is 3. The molecule has 1 aliphatic heterocycles. The van der Waals surface area contributed by atoms with E-state index in [2.05, 4.69) is 35.4 Å². The topological polar surface area (TPSA) is 57.5 Å². The van der Waals surface area contributed by atoms with E-state index in [4.69, 9.17) is 4.42 Å². The number of furan rings is 1. The molecule has 0 saturated carbocycles. The minimum absolute atomic E-state index is 0.244. The van der Waals surface area contributed by atoms with Gasteiger partial charge in [0, 0.05) is 22.3 Å². The lowest BCUT2D eigenvalue weighted by Gasteiger charge is -2.32. The van der Waals surface area contributed by atoms with Crippen LogP contribution in [0, 0.1) is 6.92 Å². The fourth-order valence-corrected chi connectivity index (χ4v) is 4.47. The van der Waals surface area contributed by atoms with Crippen molar-refractivity contribution in [3.63, 3.8) is 0 Å². The van der Waals surface area contributed by atoms with Crippen molar-refractivity contribution in [3.8, 4) is 0 Å². The second-order valence-electron chi connectivity index (χ2n) is 8.20. The molecule has 1 fully saturated rings. The van der Waals surface area contributed by atoms with Gasteiger partial charge in [0.05, 0.1) is 0 Å². The van der Waals surface area contributed by atoms with Crippen LogP contribution in [-0.4, -0.2) is 30.6 Å². The van der Waals surface area contributed by atoms with Crippen LogP contribution in [0.1, 0.15) is 49.8 Å². The number of carbonyl (C=O) groups excluding carboxylic acids is 1. The van der Waals surface area contributed by atoms with Gasteiger partial charge in [0.2, 0.25) is 0 Å². The first-order valence-electron chi connectivity index (χ1n) is 11.0. The number of benzene rings is 2. The van der Waals surface area contributed by atoms with E-state index in [-0.39, 0.29) is 6.03 Å². The average molecular weight is 406 g/mol. The van der Waals surface area contributed by atoms with E-state index in [1.165, 1.54) is 24.9 Å². The second-order valence-corrected chi connectivity index (χ2v) is 8.20. The van der Waals surface area contributed by atoms with Crippen LogP contribution in [0.3, 0.4) is 0 Å². The van der Waals surface area contributed by atoms with Gasteiger partial charge in [-0.25, -0.2) is 4.79 Å². The number of aryl methyl sites for hydroxylation is 1. The number of rotatable bonds is 6. The monoisotopic (exact) mass is 405 g/mol. The molecule has 0 atom stereocenters. The molecule has 0 bridgehead atoms. The highest BCUT2D eigenvalue weighted by atomic mass is 16.3. The zero-order valence-corrected chi connectivity index (χ0v) is 17.9. The lowest BCUT2D eigenvalue weighted by molar-refractivity contribution is 0.209. The van der Waals surface area contributed by atoms with Gasteiger partial charge in [-0.05, 0) is 82.1 Å². The molecule has 4 rings (SSSR count). The molecule has 2 amide bonds. The van der Waals surface area contributed by atoms with Crippen molar-refractivity contribution in [2.45, 2.75) is 45.4 Å². The van der Waals surface area contributed by atoms with E-state index in [1.807, 2.05) is 42.5 Å². The van der Waals surface area contributed by atoms with Gasteiger partial charge in [0.1, 0.15) is 11.3 Å². The predicted molar refractivity (Wildman–Crippen MR) is 123 cm³/mol. The molecular weight excluding hydrogens is 374 g/mol. The van der Waals surface area contributed by atoms with Crippen molar-refractivity contribution in [1.29, 1.82) is 0 Å². The first-order valence-corrected chi connectivity index (χ1v) is 11.0. The molecule has 0 radical (unpaired) electrons. The highest BCUT2D eigenvalue weighted by Gasteiger charge is 2.25. The number of piperidine rings is 1. The van der Waals surface area contributed by atoms with E-state index in [0.29, 0.717) is 5.92 Å². The molecule has 0 aliphatic carbocycles. The fourth-order valence-electron chi connectivity index (χ4n) is 4.47. The Morgan fingerprint density at radius 2 is 1.80 bits per heavy atom. The fraction of sp³-hybridized carbons (Fsp3) is 0.400. The number of urea groups is 1. The summed E-state index contributed by atoms with van der Waals surface area (Å²) in [7, 11) is 0. The number of nitrogens with one attached hydrogen (secondary N) is 2. The number of carbonyl (C=O) groups is 1. The Labute approximate surface area is 178 Å². The van der Waals surface area contributed by atoms with Gasteiger partial charge in [-0.15, -0.1) is 0 Å². The average Bonchev–Trinajstić information content (AvgIpc) is 3.08. The Hall–Kier alpha value is -2.79. The number of para-hydroxylation sites is 1. The van der Waals surface area contributed by atoms with Crippen molar-refractivity contribution in [3.05, 3.63) is 59.9 Å². The Kier molecular flexibility index (Phi) is 6.38. The van der Waals surface area contributed by atoms with Gasteiger partial charge in [-0.1, -0.05) is 31.5 Å². The molecule has 0 unspecified atom stereocenters. The molecule has 0 spiro atoms. The summed E-state index contributed by atoms with van der Waals surface area (Å²) >= 11 is 0. The highest BCUT2D eigenvalue weighted by molar-refractivity contribution is 6.01. The largest absolute Gasteiger partial charge is 0.461 e. The van der Waals surface area contributed by atoms with Crippen LogP contribution in [0.25, 0.3) is 11.0 Å². The molecule has 2 heterocycles. The van der Waals surface area contributed by atoms with Crippen LogP contribution in [0.5, 0.6) is 0 Å². The summed E-state index contributed by atoms with van der Waals surface area (Å²) in [4.78, 5) is 15.0. The molecular formula is C25H31N3O2. The minimum Gasteiger partial charge on any atom is -0.461 e. The smallest absolute Gasteiger partial charge is 0.323 e. The molecule has 1 saturated heterocycles. The van der Waals surface area contributed by atoms with Gasteiger partial charge in [0.25, 0.3) is 0 Å². The van der Waals surface area contributed by atoms with Crippen LogP contribution in [0.15, 0.2) is 52.9 Å². The molecule has 1 aromatic heterocycles. The van der Waals surface area contributed by atoms with Gasteiger partial charge in [0.15, 0.2) is 0 Å². The summed E-state index contributed by atoms with van der Waals surface area (Å²) in [6.45, 7) is 7.81. The number of nitrogens with zero attached hydrogens (tertiary/aromatic N) is 1. The second kappa shape index (κ2) is 9.35. The zero-order valence-electron chi connectivity index (χ0n) is 17.9. The van der Waals surface area contributed by atoms with Crippen LogP contribution in [0.4, 0.5) is 16.2 Å². The van der Waals surface area contributed by atoms with E-state index >= 15 is 0 Å². The van der Waals surface area contributed by atoms with Gasteiger partial charge < -0.3 is 20.0 Å². The number of hydrogen-bond donors (Lipinski definition) is 2. The zero-order chi connectivity index (χ0) is 20.9. The first kappa shape index (κ1) is 20.5. The van der Waals surface area contributed by atoms with Crippen molar-refractivity contribution in [2.75, 3.05) is 30.3 Å². The maximum atomic E-state index is 12.4. The van der Waals surface area contributed by atoms with Crippen LogP contribution in [-0.2, 0) is 0 Å². The predicted octanol–water partition coefficient (Wildman–Crippen LogP) is 6.36. The lowest BCUT2D eigenvalue weighted by Crippen LogP contribution is -2.33. The molecule has 5 nitrogen and oxygen atoms in total. The van der Waals surface area contributed by atoms with E-state index in [0.717, 1.165) is 54.0 Å². The molecule has 3 aromatic rings. The molecule has 30 heavy (non-hydrogen) atoms. The molecule has 1 aliphatic rings. The quantitative estimate of drug-likeness (QED) is 0.501. The number of likely N-dealkylation sites (tertiary alicyclic amines) is 1. The maximum absolute atomic E-state index is 12.4. The standard InChI is InChI=1S/C25H31N3O2/c1-3-4-14-28-15-12-19(13-16-28)24-18(2)30-23-11-10-21(17-22(23)24)27-25(29)26-20-8-6-5-7-9-20/h5-11,17,19H,3-4,12-16H2,1-2H3,(H2,26,27,29). The Morgan fingerprint density at radius 3 is 2.53 bits per heavy atom. The van der Waals surface area contributed by atoms with Crippen molar-refractivity contribution < 1.29 is 9.21 Å². The van der Waals surface area contributed by atoms with Crippen LogP contribution in [0.2, 0.25) is 0 Å². The molecule has 2 N–H and O–H groups in total. The minimum atomic E-state index is -0.244. The summed E-state index contributed by atoms with van der Waals surface area (Å²) < 4.78 is 6.06. The summed E-state index contributed by atoms with van der Waals surface area (Å²) in [5.41, 5.74) is 3.75. The van der Waals surface area contributed by atoms with Gasteiger partial charge in [-0.2, -0.15) is 0 Å². The highest BCUT2D eigenvalue weighted by Crippen LogP contribution is 2.38. The van der Waals surface area contributed by atoms with Crippen molar-refractivity contribution in [1.82, 2.24) is 4.90 Å². The van der Waals surface area contributed by atoms with Crippen LogP contribution < -0.4 is 10.6 Å². The first-order chi connectivity index (χ1) is 14.6. The van der Waals surface area contributed by atoms with E-state index < -0.39 is 0 Å². The molecule has 158 valence electrons. The number of anilines is 2. The third kappa shape index (κ3) is 4.68. The third-order valence-corrected chi connectivity index (χ3v) is 6.03. The van der Waals surface area contributed by atoms with E-state index in [9.17, 15) is 4.79 Å². The van der Waals surface area contributed by atoms with Crippen LogP contribution >= 0.6 is 0 Å². The van der Waals surface area contributed by atoms with Crippen molar-refractivity contribution >= 4 is 28.4 Å². The number of amides is 2. The Morgan fingerprint density at radius 1 is 1.07 bits per heavy atom.